The first-order valence-electron chi connectivity index (χ1n) is 8.24. The Morgan fingerprint density at radius 3 is 2.58 bits per heavy atom. The van der Waals surface area contributed by atoms with Crippen LogP contribution in [0, 0.1) is 20.8 Å². The molecule has 0 saturated carbocycles. The fraction of sp³-hybridized carbons (Fsp3) is 0.529. The van der Waals surface area contributed by atoms with Gasteiger partial charge in [-0.15, -0.1) is 0 Å². The molecule has 0 radical (unpaired) electrons. The van der Waals surface area contributed by atoms with E-state index in [0.29, 0.717) is 31.4 Å². The van der Waals surface area contributed by atoms with E-state index in [1.54, 1.807) is 10.7 Å². The molecule has 128 valence electrons. The number of amides is 1. The predicted molar refractivity (Wildman–Crippen MR) is 89.3 cm³/mol. The molecule has 3 heterocycles. The van der Waals surface area contributed by atoms with Crippen molar-refractivity contribution in [3.63, 3.8) is 0 Å². The number of hydrogen-bond donors (Lipinski definition) is 0. The van der Waals surface area contributed by atoms with Gasteiger partial charge >= 0.3 is 0 Å². The van der Waals surface area contributed by atoms with Gasteiger partial charge in [0.2, 0.25) is 0 Å². The Kier molecular flexibility index (Phi) is 4.62. The van der Waals surface area contributed by atoms with Crippen molar-refractivity contribution in [3.05, 3.63) is 34.9 Å². The third-order valence-corrected chi connectivity index (χ3v) is 4.22. The topological polar surface area (TPSA) is 73.1 Å². The summed E-state index contributed by atoms with van der Waals surface area (Å²) in [7, 11) is 0. The molecule has 1 atom stereocenters. The first kappa shape index (κ1) is 16.6. The van der Waals surface area contributed by atoms with Crippen LogP contribution in [0.3, 0.4) is 0 Å². The highest BCUT2D eigenvalue weighted by molar-refractivity contribution is 5.92. The van der Waals surface area contributed by atoms with Gasteiger partial charge in [0.15, 0.2) is 5.69 Å². The van der Waals surface area contributed by atoms with E-state index in [9.17, 15) is 4.79 Å². The van der Waals surface area contributed by atoms with Crippen LogP contribution in [0.5, 0.6) is 0 Å². The number of ether oxygens (including phenoxy) is 1. The van der Waals surface area contributed by atoms with Crippen LogP contribution in [0.4, 0.5) is 0 Å². The van der Waals surface area contributed by atoms with Crippen molar-refractivity contribution in [2.75, 3.05) is 19.8 Å². The predicted octanol–water partition coefficient (Wildman–Crippen LogP) is 1.84. The maximum atomic E-state index is 12.8. The minimum atomic E-state index is -0.0702. The molecule has 1 saturated heterocycles. The van der Waals surface area contributed by atoms with Crippen LogP contribution in [-0.4, -0.2) is 56.4 Å². The number of hydrogen-bond acceptors (Lipinski definition) is 5. The second-order valence-corrected chi connectivity index (χ2v) is 6.28. The molecule has 2 aromatic rings. The summed E-state index contributed by atoms with van der Waals surface area (Å²) in [4.78, 5) is 23.5. The summed E-state index contributed by atoms with van der Waals surface area (Å²) in [6, 6.07) is 3.85. The first-order chi connectivity index (χ1) is 11.5. The van der Waals surface area contributed by atoms with E-state index in [0.717, 1.165) is 23.5 Å². The van der Waals surface area contributed by atoms with Crippen molar-refractivity contribution in [2.24, 2.45) is 0 Å². The first-order valence-corrected chi connectivity index (χ1v) is 8.24. The Morgan fingerprint density at radius 1 is 1.17 bits per heavy atom. The van der Waals surface area contributed by atoms with Crippen LogP contribution in [0.25, 0.3) is 5.95 Å². The minimum Gasteiger partial charge on any atom is -0.380 e. The van der Waals surface area contributed by atoms with Crippen molar-refractivity contribution < 1.29 is 9.53 Å². The van der Waals surface area contributed by atoms with Gasteiger partial charge in [0.05, 0.1) is 6.61 Å². The summed E-state index contributed by atoms with van der Waals surface area (Å²) in [6.45, 7) is 9.63. The summed E-state index contributed by atoms with van der Waals surface area (Å²) in [6.07, 6.45) is 0.839. The second-order valence-electron chi connectivity index (χ2n) is 6.28. The molecular formula is C17H23N5O2. The Labute approximate surface area is 141 Å². The van der Waals surface area contributed by atoms with Crippen LogP contribution in [0.15, 0.2) is 12.1 Å². The summed E-state index contributed by atoms with van der Waals surface area (Å²) in [5.41, 5.74) is 3.00. The lowest BCUT2D eigenvalue weighted by atomic mass is 10.2. The summed E-state index contributed by atoms with van der Waals surface area (Å²) < 4.78 is 7.10. The molecule has 1 fully saturated rings. The molecule has 7 heteroatoms. The standard InChI is InChI=1S/C17H23N5O2/c1-11-9-12(2)19-17(18-11)22-14(4)10-15(20-22)16(23)21-6-8-24-7-5-13(21)3/h9-10,13H,5-8H2,1-4H3. The van der Waals surface area contributed by atoms with E-state index in [2.05, 4.69) is 15.1 Å². The number of carbonyl (C=O) groups excluding carboxylic acids is 1. The number of rotatable bonds is 2. The van der Waals surface area contributed by atoms with Gasteiger partial charge in [-0.25, -0.2) is 14.6 Å². The highest BCUT2D eigenvalue weighted by atomic mass is 16.5. The maximum absolute atomic E-state index is 12.8. The number of nitrogens with zero attached hydrogens (tertiary/aromatic N) is 5. The van der Waals surface area contributed by atoms with Crippen molar-refractivity contribution in [2.45, 2.75) is 40.2 Å². The molecule has 0 spiro atoms. The number of carbonyl (C=O) groups is 1. The molecule has 1 amide bonds. The van der Waals surface area contributed by atoms with Crippen LogP contribution in [0.1, 0.15) is 40.9 Å². The molecule has 2 aromatic heterocycles. The molecule has 1 aliphatic rings. The van der Waals surface area contributed by atoms with E-state index in [-0.39, 0.29) is 11.9 Å². The van der Waals surface area contributed by atoms with Crippen LogP contribution >= 0.6 is 0 Å². The summed E-state index contributed by atoms with van der Waals surface area (Å²) >= 11 is 0. The fourth-order valence-electron chi connectivity index (χ4n) is 2.93. The Morgan fingerprint density at radius 2 is 1.88 bits per heavy atom. The van der Waals surface area contributed by atoms with Crippen LogP contribution in [0.2, 0.25) is 0 Å². The molecule has 0 N–H and O–H groups in total. The van der Waals surface area contributed by atoms with Gasteiger partial charge in [0.1, 0.15) is 0 Å². The number of aryl methyl sites for hydroxylation is 3. The molecular weight excluding hydrogens is 306 g/mol. The van der Waals surface area contributed by atoms with E-state index < -0.39 is 0 Å². The third kappa shape index (κ3) is 3.31. The van der Waals surface area contributed by atoms with E-state index in [1.165, 1.54) is 0 Å². The van der Waals surface area contributed by atoms with Crippen molar-refractivity contribution >= 4 is 5.91 Å². The van der Waals surface area contributed by atoms with E-state index >= 15 is 0 Å². The maximum Gasteiger partial charge on any atom is 0.274 e. The lowest BCUT2D eigenvalue weighted by Gasteiger charge is -2.25. The molecule has 7 nitrogen and oxygen atoms in total. The average molecular weight is 329 g/mol. The molecule has 0 bridgehead atoms. The van der Waals surface area contributed by atoms with Crippen molar-refractivity contribution in [1.29, 1.82) is 0 Å². The smallest absolute Gasteiger partial charge is 0.274 e. The monoisotopic (exact) mass is 329 g/mol. The van der Waals surface area contributed by atoms with Gasteiger partial charge in [-0.2, -0.15) is 5.10 Å². The quantitative estimate of drug-likeness (QED) is 0.840. The minimum absolute atomic E-state index is 0.0702. The lowest BCUT2D eigenvalue weighted by Crippen LogP contribution is -2.39. The van der Waals surface area contributed by atoms with Gasteiger partial charge in [0.25, 0.3) is 11.9 Å². The average Bonchev–Trinajstić information content (AvgIpc) is 2.77. The van der Waals surface area contributed by atoms with Gasteiger partial charge in [-0.05, 0) is 46.2 Å². The zero-order valence-corrected chi connectivity index (χ0v) is 14.6. The molecule has 24 heavy (non-hydrogen) atoms. The normalized spacial score (nSPS) is 18.5. The SMILES string of the molecule is Cc1cc(C)nc(-n2nc(C(=O)N3CCOCCC3C)cc2C)n1. The van der Waals surface area contributed by atoms with E-state index in [1.807, 2.05) is 38.7 Å². The largest absolute Gasteiger partial charge is 0.380 e. The molecule has 0 aliphatic carbocycles. The van der Waals surface area contributed by atoms with Gasteiger partial charge in [-0.3, -0.25) is 4.79 Å². The second kappa shape index (κ2) is 6.68. The van der Waals surface area contributed by atoms with Crippen molar-refractivity contribution in [3.8, 4) is 5.95 Å². The van der Waals surface area contributed by atoms with Gasteiger partial charge in [-0.1, -0.05) is 0 Å². The summed E-state index contributed by atoms with van der Waals surface area (Å²) in [5.74, 6) is 0.426. The Bertz CT molecular complexity index is 735. The Hall–Kier alpha value is -2.28. The van der Waals surface area contributed by atoms with Crippen LogP contribution < -0.4 is 0 Å². The van der Waals surface area contributed by atoms with Gasteiger partial charge in [0, 0.05) is 36.3 Å². The zero-order valence-electron chi connectivity index (χ0n) is 14.6. The number of aromatic nitrogens is 4. The third-order valence-electron chi connectivity index (χ3n) is 4.22. The van der Waals surface area contributed by atoms with Gasteiger partial charge < -0.3 is 9.64 Å². The fourth-order valence-corrected chi connectivity index (χ4v) is 2.93. The molecule has 0 aromatic carbocycles. The van der Waals surface area contributed by atoms with Crippen molar-refractivity contribution in [1.82, 2.24) is 24.6 Å². The summed E-state index contributed by atoms with van der Waals surface area (Å²) in [5, 5.41) is 4.46. The molecule has 3 rings (SSSR count). The molecule has 1 aliphatic heterocycles. The highest BCUT2D eigenvalue weighted by Gasteiger charge is 2.26. The van der Waals surface area contributed by atoms with E-state index in [4.69, 9.17) is 4.74 Å². The lowest BCUT2D eigenvalue weighted by molar-refractivity contribution is 0.0680. The highest BCUT2D eigenvalue weighted by Crippen LogP contribution is 2.15. The molecule has 1 unspecified atom stereocenters. The zero-order chi connectivity index (χ0) is 17.3. The van der Waals surface area contributed by atoms with Crippen LogP contribution in [-0.2, 0) is 4.74 Å². The Balaban J connectivity index is 1.91.